The first kappa shape index (κ1) is 21.6. The van der Waals surface area contributed by atoms with Crippen molar-refractivity contribution >= 4 is 16.0 Å². The largest absolute Gasteiger partial charge is 0.457 e. The maximum absolute atomic E-state index is 12.2. The highest BCUT2D eigenvalue weighted by Crippen LogP contribution is 2.22. The quantitative estimate of drug-likeness (QED) is 0.566. The van der Waals surface area contributed by atoms with Crippen molar-refractivity contribution in [1.82, 2.24) is 4.72 Å². The summed E-state index contributed by atoms with van der Waals surface area (Å²) in [7, 11) is -3.70. The highest BCUT2D eigenvalue weighted by molar-refractivity contribution is 7.89. The van der Waals surface area contributed by atoms with Gasteiger partial charge in [-0.2, -0.15) is 5.26 Å². The van der Waals surface area contributed by atoms with E-state index in [2.05, 4.69) is 25.5 Å². The van der Waals surface area contributed by atoms with Crippen molar-refractivity contribution in [1.29, 1.82) is 5.26 Å². The lowest BCUT2D eigenvalue weighted by atomic mass is 9.87. The van der Waals surface area contributed by atoms with Crippen LogP contribution in [0.5, 0.6) is 0 Å². The second-order valence-electron chi connectivity index (χ2n) is 7.35. The molecule has 0 unspecified atom stereocenters. The van der Waals surface area contributed by atoms with Gasteiger partial charge in [0.05, 0.1) is 16.5 Å². The first-order chi connectivity index (χ1) is 13.1. The van der Waals surface area contributed by atoms with E-state index in [1.165, 1.54) is 29.8 Å². The van der Waals surface area contributed by atoms with Crippen molar-refractivity contribution in [3.05, 3.63) is 65.2 Å². The van der Waals surface area contributed by atoms with Gasteiger partial charge < -0.3 is 4.74 Å². The summed E-state index contributed by atoms with van der Waals surface area (Å²) in [6, 6.07) is 15.2. The summed E-state index contributed by atoms with van der Waals surface area (Å²) in [4.78, 5) is 12.2. The van der Waals surface area contributed by atoms with Gasteiger partial charge in [-0.3, -0.25) is 0 Å². The molecule has 0 amide bonds. The van der Waals surface area contributed by atoms with Crippen LogP contribution in [0.3, 0.4) is 0 Å². The second kappa shape index (κ2) is 9.00. The Morgan fingerprint density at radius 2 is 1.68 bits per heavy atom. The minimum Gasteiger partial charge on any atom is -0.457 e. The van der Waals surface area contributed by atoms with Gasteiger partial charge >= 0.3 is 5.97 Å². The lowest BCUT2D eigenvalue weighted by Crippen LogP contribution is -2.24. The van der Waals surface area contributed by atoms with Crippen molar-refractivity contribution < 1.29 is 17.9 Å². The molecule has 28 heavy (non-hydrogen) atoms. The van der Waals surface area contributed by atoms with Gasteiger partial charge in [0.2, 0.25) is 10.0 Å². The lowest BCUT2D eigenvalue weighted by Gasteiger charge is -2.19. The van der Waals surface area contributed by atoms with Crippen LogP contribution in [-0.4, -0.2) is 20.9 Å². The third kappa shape index (κ3) is 5.91. The summed E-state index contributed by atoms with van der Waals surface area (Å²) in [6.07, 6.45) is 0.0837. The minimum atomic E-state index is -3.70. The van der Waals surface area contributed by atoms with E-state index in [9.17, 15) is 13.2 Å². The van der Waals surface area contributed by atoms with E-state index >= 15 is 0 Å². The predicted molar refractivity (Wildman–Crippen MR) is 106 cm³/mol. The molecule has 148 valence electrons. The zero-order valence-corrected chi connectivity index (χ0v) is 17.0. The summed E-state index contributed by atoms with van der Waals surface area (Å²) >= 11 is 0. The van der Waals surface area contributed by atoms with E-state index < -0.39 is 16.0 Å². The Labute approximate surface area is 166 Å². The van der Waals surface area contributed by atoms with Gasteiger partial charge in [0.1, 0.15) is 6.61 Å². The molecule has 0 aliphatic carbocycles. The van der Waals surface area contributed by atoms with E-state index in [0.717, 1.165) is 5.56 Å². The maximum Gasteiger partial charge on any atom is 0.338 e. The molecule has 6 nitrogen and oxygen atoms in total. The predicted octanol–water partition coefficient (Wildman–Crippen LogP) is 3.53. The minimum absolute atomic E-state index is 0.0276. The van der Waals surface area contributed by atoms with Crippen molar-refractivity contribution in [2.24, 2.45) is 0 Å². The molecular formula is C21H24N2O4S. The zero-order valence-electron chi connectivity index (χ0n) is 16.2. The van der Waals surface area contributed by atoms with Crippen molar-refractivity contribution in [2.75, 3.05) is 6.54 Å². The van der Waals surface area contributed by atoms with Crippen LogP contribution in [-0.2, 0) is 26.8 Å². The molecule has 1 N–H and O–H groups in total. The van der Waals surface area contributed by atoms with Gasteiger partial charge in [-0.1, -0.05) is 45.0 Å². The van der Waals surface area contributed by atoms with E-state index in [0.29, 0.717) is 0 Å². The molecule has 0 aliphatic rings. The SMILES string of the molecule is CC(C)(C)c1ccc(COC(=O)c2ccc(S(=O)(=O)NCCC#N)cc2)cc1. The number of ether oxygens (including phenoxy) is 1. The summed E-state index contributed by atoms with van der Waals surface area (Å²) in [5.74, 6) is -0.527. The fraction of sp³-hybridized carbons (Fsp3) is 0.333. The number of nitrogens with one attached hydrogen (secondary N) is 1. The van der Waals surface area contributed by atoms with Crippen LogP contribution in [0.1, 0.15) is 48.7 Å². The summed E-state index contributed by atoms with van der Waals surface area (Å²) < 4.78 is 31.7. The van der Waals surface area contributed by atoms with Crippen LogP contribution in [0.25, 0.3) is 0 Å². The summed E-state index contributed by atoms with van der Waals surface area (Å²) in [6.45, 7) is 6.57. The molecule has 0 atom stereocenters. The van der Waals surface area contributed by atoms with Gasteiger partial charge in [0.25, 0.3) is 0 Å². The zero-order chi connectivity index (χ0) is 20.8. The molecular weight excluding hydrogens is 376 g/mol. The van der Waals surface area contributed by atoms with Gasteiger partial charge in [0.15, 0.2) is 0 Å². The fourth-order valence-electron chi connectivity index (χ4n) is 2.43. The third-order valence-corrected chi connectivity index (χ3v) is 5.60. The van der Waals surface area contributed by atoms with Gasteiger partial charge in [-0.15, -0.1) is 0 Å². The number of benzene rings is 2. The lowest BCUT2D eigenvalue weighted by molar-refractivity contribution is 0.0472. The van der Waals surface area contributed by atoms with E-state index in [4.69, 9.17) is 10.00 Å². The van der Waals surface area contributed by atoms with Crippen LogP contribution in [0, 0.1) is 11.3 Å². The highest BCUT2D eigenvalue weighted by Gasteiger charge is 2.16. The number of rotatable bonds is 7. The summed E-state index contributed by atoms with van der Waals surface area (Å²) in [5.41, 5.74) is 2.40. The van der Waals surface area contributed by atoms with Crippen LogP contribution in [0.15, 0.2) is 53.4 Å². The molecule has 0 saturated heterocycles. The molecule has 0 aromatic heterocycles. The Morgan fingerprint density at radius 1 is 1.07 bits per heavy atom. The number of sulfonamides is 1. The molecule has 7 heteroatoms. The highest BCUT2D eigenvalue weighted by atomic mass is 32.2. The number of hydrogen-bond acceptors (Lipinski definition) is 5. The Balaban J connectivity index is 1.97. The number of esters is 1. The van der Waals surface area contributed by atoms with Crippen molar-refractivity contribution in [3.63, 3.8) is 0 Å². The molecule has 0 spiro atoms. The summed E-state index contributed by atoms with van der Waals surface area (Å²) in [5, 5.41) is 8.48. The Bertz CT molecular complexity index is 951. The smallest absolute Gasteiger partial charge is 0.338 e. The normalized spacial score (nSPS) is 11.6. The molecule has 0 aliphatic heterocycles. The van der Waals surface area contributed by atoms with Crippen LogP contribution in [0.2, 0.25) is 0 Å². The average molecular weight is 401 g/mol. The number of nitriles is 1. The van der Waals surface area contributed by atoms with Gasteiger partial charge in [0, 0.05) is 13.0 Å². The van der Waals surface area contributed by atoms with Gasteiger partial charge in [-0.05, 0) is 40.8 Å². The van der Waals surface area contributed by atoms with E-state index in [1.807, 2.05) is 30.3 Å². The molecule has 2 aromatic rings. The van der Waals surface area contributed by atoms with Crippen LogP contribution in [0.4, 0.5) is 0 Å². The fourth-order valence-corrected chi connectivity index (χ4v) is 3.46. The number of nitrogens with zero attached hydrogens (tertiary/aromatic N) is 1. The first-order valence-corrected chi connectivity index (χ1v) is 10.3. The monoisotopic (exact) mass is 400 g/mol. The molecule has 0 saturated carbocycles. The van der Waals surface area contributed by atoms with E-state index in [1.54, 1.807) is 0 Å². The molecule has 2 aromatic carbocycles. The molecule has 2 rings (SSSR count). The first-order valence-electron chi connectivity index (χ1n) is 8.87. The maximum atomic E-state index is 12.2. The molecule has 0 radical (unpaired) electrons. The number of carbonyl (C=O) groups is 1. The Morgan fingerprint density at radius 3 is 2.21 bits per heavy atom. The van der Waals surface area contributed by atoms with Crippen LogP contribution < -0.4 is 4.72 Å². The molecule has 0 bridgehead atoms. The number of carbonyl (C=O) groups excluding carboxylic acids is 1. The Kier molecular flexibility index (Phi) is 6.95. The van der Waals surface area contributed by atoms with Crippen molar-refractivity contribution in [2.45, 2.75) is 44.1 Å². The Hall–Kier alpha value is -2.69. The molecule has 0 fully saturated rings. The average Bonchev–Trinajstić information content (AvgIpc) is 2.66. The topological polar surface area (TPSA) is 96.3 Å². The van der Waals surface area contributed by atoms with E-state index in [-0.39, 0.29) is 35.4 Å². The number of hydrogen-bond donors (Lipinski definition) is 1. The van der Waals surface area contributed by atoms with Crippen molar-refractivity contribution in [3.8, 4) is 6.07 Å². The molecule has 0 heterocycles. The van der Waals surface area contributed by atoms with Crippen LogP contribution >= 0.6 is 0 Å². The van der Waals surface area contributed by atoms with Gasteiger partial charge in [-0.25, -0.2) is 17.9 Å². The second-order valence-corrected chi connectivity index (χ2v) is 9.12. The third-order valence-electron chi connectivity index (χ3n) is 4.12. The standard InChI is InChI=1S/C21H24N2O4S/c1-21(2,3)18-9-5-16(6-10-18)15-27-20(24)17-7-11-19(12-8-17)28(25,26)23-14-4-13-22/h5-12,23H,4,14-15H2,1-3H3.